The fourth-order valence-electron chi connectivity index (χ4n) is 0.446. The molecule has 0 bridgehead atoms. The molecule has 0 aromatic heterocycles. The molecule has 0 aliphatic carbocycles. The Morgan fingerprint density at radius 3 is 1.55 bits per heavy atom. The summed E-state index contributed by atoms with van der Waals surface area (Å²) in [5.41, 5.74) is 0. The summed E-state index contributed by atoms with van der Waals surface area (Å²) < 4.78 is 0. The molecule has 11 heavy (non-hydrogen) atoms. The first-order valence-corrected chi connectivity index (χ1v) is 5.78. The number of aliphatic hydroxyl groups is 4. The van der Waals surface area contributed by atoms with Gasteiger partial charge < -0.3 is 0 Å². The number of hydrogen-bond acceptors (Lipinski definition) is 4. The van der Waals surface area contributed by atoms with Crippen molar-refractivity contribution in [3.8, 4) is 0 Å². The van der Waals surface area contributed by atoms with E-state index in [0.717, 1.165) is 0 Å². The van der Waals surface area contributed by atoms with Gasteiger partial charge in [-0.25, -0.2) is 0 Å². The average molecular weight is 229 g/mol. The van der Waals surface area contributed by atoms with Crippen LogP contribution in [-0.2, 0) is 0 Å². The van der Waals surface area contributed by atoms with Crippen LogP contribution in [0.4, 0.5) is 0 Å². The standard InChI is InChI=1S/C6H14O4Se/c7-1-5(9)3-11-4-6(10)2-8/h5-10H,1-4H2. The van der Waals surface area contributed by atoms with Gasteiger partial charge in [0.05, 0.1) is 0 Å². The van der Waals surface area contributed by atoms with Gasteiger partial charge in [0.15, 0.2) is 0 Å². The Kier molecular flexibility index (Phi) is 7.26. The molecule has 0 aliphatic rings. The molecule has 0 amide bonds. The topological polar surface area (TPSA) is 80.9 Å². The number of hydrogen-bond donors (Lipinski definition) is 4. The predicted molar refractivity (Wildman–Crippen MR) is 41.6 cm³/mol. The first-order valence-electron chi connectivity index (χ1n) is 3.36. The fraction of sp³-hybridized carbons (Fsp3) is 1.00. The Morgan fingerprint density at radius 2 is 1.27 bits per heavy atom. The Morgan fingerprint density at radius 1 is 0.909 bits per heavy atom. The van der Waals surface area contributed by atoms with Crippen LogP contribution < -0.4 is 0 Å². The van der Waals surface area contributed by atoms with E-state index < -0.39 is 12.2 Å². The molecule has 0 saturated carbocycles. The van der Waals surface area contributed by atoms with Crippen LogP contribution in [0, 0.1) is 0 Å². The third-order valence-electron chi connectivity index (χ3n) is 1.04. The summed E-state index contributed by atoms with van der Waals surface area (Å²) in [5, 5.41) is 35.6. The second-order valence-corrected chi connectivity index (χ2v) is 4.47. The van der Waals surface area contributed by atoms with Crippen molar-refractivity contribution >= 4 is 15.0 Å². The van der Waals surface area contributed by atoms with Gasteiger partial charge in [-0.2, -0.15) is 0 Å². The molecular formula is C6H14O4Se. The maximum atomic E-state index is 8.87. The molecule has 0 fully saturated rings. The van der Waals surface area contributed by atoms with Crippen LogP contribution in [-0.4, -0.2) is 60.8 Å². The Bertz CT molecular complexity index is 80.7. The third-order valence-corrected chi connectivity index (χ3v) is 3.65. The van der Waals surface area contributed by atoms with Crippen LogP contribution in [0.25, 0.3) is 0 Å². The Hall–Kier alpha value is 0.359. The second kappa shape index (κ2) is 7.03. The van der Waals surface area contributed by atoms with Gasteiger partial charge in [-0.1, -0.05) is 0 Å². The van der Waals surface area contributed by atoms with Crippen molar-refractivity contribution in [2.75, 3.05) is 13.2 Å². The van der Waals surface area contributed by atoms with Crippen LogP contribution >= 0.6 is 0 Å². The first-order chi connectivity index (χ1) is 5.20. The summed E-state index contributed by atoms with van der Waals surface area (Å²) in [5.74, 6) is 0. The normalized spacial score (nSPS) is 16.4. The minimum atomic E-state index is -0.666. The Labute approximate surface area is 72.0 Å². The predicted octanol–water partition coefficient (Wildman–Crippen LogP) is -1.77. The number of aliphatic hydroxyl groups excluding tert-OH is 4. The van der Waals surface area contributed by atoms with Gasteiger partial charge in [0, 0.05) is 0 Å². The van der Waals surface area contributed by atoms with Crippen LogP contribution in [0.1, 0.15) is 0 Å². The van der Waals surface area contributed by atoms with Gasteiger partial charge in [-0.05, 0) is 0 Å². The molecule has 5 heteroatoms. The van der Waals surface area contributed by atoms with E-state index in [1.54, 1.807) is 0 Å². The van der Waals surface area contributed by atoms with Crippen molar-refractivity contribution in [3.05, 3.63) is 0 Å². The maximum absolute atomic E-state index is 8.87. The molecule has 68 valence electrons. The molecule has 4 N–H and O–H groups in total. The molecule has 0 heterocycles. The number of rotatable bonds is 6. The van der Waals surface area contributed by atoms with Crippen molar-refractivity contribution < 1.29 is 20.4 Å². The Balaban J connectivity index is 3.13. The SMILES string of the molecule is OCC(O)C[Se]CC(O)CO. The van der Waals surface area contributed by atoms with E-state index in [4.69, 9.17) is 20.4 Å². The van der Waals surface area contributed by atoms with Crippen LogP contribution in [0.2, 0.25) is 10.6 Å². The van der Waals surface area contributed by atoms with E-state index in [2.05, 4.69) is 0 Å². The van der Waals surface area contributed by atoms with Crippen molar-refractivity contribution in [1.29, 1.82) is 0 Å². The summed E-state index contributed by atoms with van der Waals surface area (Å²) in [6.45, 7) is -0.450. The summed E-state index contributed by atoms with van der Waals surface area (Å²) in [4.78, 5) is 0. The van der Waals surface area contributed by atoms with E-state index >= 15 is 0 Å². The summed E-state index contributed by atoms with van der Waals surface area (Å²) in [6, 6.07) is 0. The van der Waals surface area contributed by atoms with Gasteiger partial charge in [-0.3, -0.25) is 0 Å². The van der Waals surface area contributed by atoms with Crippen molar-refractivity contribution in [2.24, 2.45) is 0 Å². The summed E-state index contributed by atoms with van der Waals surface area (Å²) >= 11 is 0.101. The van der Waals surface area contributed by atoms with Crippen LogP contribution in [0.3, 0.4) is 0 Å². The molecule has 0 aliphatic heterocycles. The van der Waals surface area contributed by atoms with Crippen LogP contribution in [0.5, 0.6) is 0 Å². The van der Waals surface area contributed by atoms with Crippen LogP contribution in [0.15, 0.2) is 0 Å². The quantitative estimate of drug-likeness (QED) is 0.406. The summed E-state index contributed by atoms with van der Waals surface area (Å²) in [6.07, 6.45) is -1.33. The molecule has 0 aromatic carbocycles. The van der Waals surface area contributed by atoms with E-state index in [1.165, 1.54) is 0 Å². The van der Waals surface area contributed by atoms with Crippen molar-refractivity contribution in [3.63, 3.8) is 0 Å². The van der Waals surface area contributed by atoms with Gasteiger partial charge in [-0.15, -0.1) is 0 Å². The fourth-order valence-corrected chi connectivity index (χ4v) is 2.32. The molecular weight excluding hydrogens is 215 g/mol. The van der Waals surface area contributed by atoms with Crippen molar-refractivity contribution in [2.45, 2.75) is 22.8 Å². The van der Waals surface area contributed by atoms with Gasteiger partial charge in [0.2, 0.25) is 0 Å². The second-order valence-electron chi connectivity index (χ2n) is 2.21. The molecule has 2 unspecified atom stereocenters. The van der Waals surface area contributed by atoms with E-state index in [0.29, 0.717) is 10.6 Å². The monoisotopic (exact) mass is 230 g/mol. The van der Waals surface area contributed by atoms with Crippen molar-refractivity contribution in [1.82, 2.24) is 0 Å². The molecule has 4 nitrogen and oxygen atoms in total. The third kappa shape index (κ3) is 6.75. The van der Waals surface area contributed by atoms with Gasteiger partial charge in [0.25, 0.3) is 0 Å². The minimum absolute atomic E-state index is 0.101. The van der Waals surface area contributed by atoms with Gasteiger partial charge in [0.1, 0.15) is 0 Å². The first kappa shape index (κ1) is 11.4. The molecule has 2 atom stereocenters. The van der Waals surface area contributed by atoms with E-state index in [1.807, 2.05) is 0 Å². The molecule has 0 radical (unpaired) electrons. The van der Waals surface area contributed by atoms with E-state index in [9.17, 15) is 0 Å². The molecule has 0 saturated heterocycles. The zero-order valence-corrected chi connectivity index (χ0v) is 7.89. The summed E-state index contributed by atoms with van der Waals surface area (Å²) in [7, 11) is 0. The molecule has 0 aromatic rings. The average Bonchev–Trinajstić information content (AvgIpc) is 2.04. The molecule has 0 spiro atoms. The van der Waals surface area contributed by atoms with E-state index in [-0.39, 0.29) is 28.2 Å². The zero-order chi connectivity index (χ0) is 8.69. The zero-order valence-electron chi connectivity index (χ0n) is 6.18. The van der Waals surface area contributed by atoms with Gasteiger partial charge >= 0.3 is 71.4 Å². The molecule has 0 rings (SSSR count).